The number of nitrogens with one attached hydrogen (secondary N) is 1. The van der Waals surface area contributed by atoms with Gasteiger partial charge in [0, 0.05) is 43.6 Å². The molecule has 186 valence electrons. The molecule has 2 aromatic carbocycles. The van der Waals surface area contributed by atoms with Gasteiger partial charge in [-0.1, -0.05) is 24.6 Å². The van der Waals surface area contributed by atoms with Gasteiger partial charge in [0.15, 0.2) is 0 Å². The van der Waals surface area contributed by atoms with Crippen LogP contribution in [-0.4, -0.2) is 72.6 Å². The minimum atomic E-state index is -0.936. The largest absolute Gasteiger partial charge is 0.497 e. The molecule has 2 aliphatic heterocycles. The van der Waals surface area contributed by atoms with E-state index in [9.17, 15) is 14.4 Å². The molecular formula is C27H33N3O5. The van der Waals surface area contributed by atoms with Crippen LogP contribution in [0, 0.1) is 6.92 Å². The minimum Gasteiger partial charge on any atom is -0.497 e. The molecule has 8 heteroatoms. The number of likely N-dealkylation sites (tertiary alicyclic amines) is 1. The summed E-state index contributed by atoms with van der Waals surface area (Å²) in [5.74, 6) is 0.130. The summed E-state index contributed by atoms with van der Waals surface area (Å²) in [6.07, 6.45) is 1.67. The van der Waals surface area contributed by atoms with Gasteiger partial charge in [0.1, 0.15) is 17.5 Å². The molecule has 2 heterocycles. The van der Waals surface area contributed by atoms with E-state index < -0.39 is 11.8 Å². The lowest BCUT2D eigenvalue weighted by molar-refractivity contribution is -0.128. The van der Waals surface area contributed by atoms with E-state index in [1.165, 1.54) is 0 Å². The zero-order valence-electron chi connectivity index (χ0n) is 20.6. The van der Waals surface area contributed by atoms with Crippen molar-refractivity contribution in [1.29, 1.82) is 0 Å². The van der Waals surface area contributed by atoms with Crippen molar-refractivity contribution in [3.05, 3.63) is 65.2 Å². The van der Waals surface area contributed by atoms with Crippen LogP contribution in [0.25, 0.3) is 0 Å². The average molecular weight is 480 g/mol. The van der Waals surface area contributed by atoms with Crippen LogP contribution < -0.4 is 10.1 Å². The van der Waals surface area contributed by atoms with Crippen LogP contribution in [0.2, 0.25) is 0 Å². The zero-order chi connectivity index (χ0) is 25.0. The topological polar surface area (TPSA) is 88.2 Å². The smallest absolute Gasteiger partial charge is 0.256 e. The Kier molecular flexibility index (Phi) is 7.40. The van der Waals surface area contributed by atoms with E-state index in [4.69, 9.17) is 9.47 Å². The Balaban J connectivity index is 1.56. The maximum absolute atomic E-state index is 13.7. The molecule has 0 unspecified atom stereocenters. The molecule has 0 saturated carbocycles. The molecule has 2 fully saturated rings. The number of aryl methyl sites for hydroxylation is 1. The summed E-state index contributed by atoms with van der Waals surface area (Å²) in [5, 5.41) is 2.91. The first kappa shape index (κ1) is 24.7. The van der Waals surface area contributed by atoms with Gasteiger partial charge in [-0.05, 0) is 49.7 Å². The molecule has 0 bridgehead atoms. The van der Waals surface area contributed by atoms with Crippen molar-refractivity contribution in [2.75, 3.05) is 33.4 Å². The van der Waals surface area contributed by atoms with Crippen LogP contribution in [0.4, 0.5) is 0 Å². The van der Waals surface area contributed by atoms with Crippen molar-refractivity contribution in [1.82, 2.24) is 15.1 Å². The van der Waals surface area contributed by atoms with Gasteiger partial charge < -0.3 is 19.7 Å². The number of amides is 3. The Bertz CT molecular complexity index is 1080. The van der Waals surface area contributed by atoms with Crippen LogP contribution in [-0.2, 0) is 9.53 Å². The highest BCUT2D eigenvalue weighted by molar-refractivity contribution is 5.99. The molecule has 0 aliphatic carbocycles. The van der Waals surface area contributed by atoms with Crippen molar-refractivity contribution in [2.45, 2.75) is 44.9 Å². The summed E-state index contributed by atoms with van der Waals surface area (Å²) >= 11 is 0. The Morgan fingerprint density at radius 2 is 1.77 bits per heavy atom. The van der Waals surface area contributed by atoms with Crippen molar-refractivity contribution in [3.8, 4) is 5.75 Å². The molecule has 2 aliphatic rings. The fraction of sp³-hybridized carbons (Fsp3) is 0.444. The van der Waals surface area contributed by atoms with Crippen LogP contribution >= 0.6 is 0 Å². The maximum atomic E-state index is 13.7. The molecule has 3 amide bonds. The molecule has 1 N–H and O–H groups in total. The quantitative estimate of drug-likeness (QED) is 0.688. The Morgan fingerprint density at radius 1 is 1.06 bits per heavy atom. The van der Waals surface area contributed by atoms with Crippen molar-refractivity contribution >= 4 is 17.7 Å². The summed E-state index contributed by atoms with van der Waals surface area (Å²) in [5.41, 5.74) is 1.20. The second kappa shape index (κ2) is 10.5. The molecule has 8 nitrogen and oxygen atoms in total. The number of hydrogen-bond acceptors (Lipinski definition) is 5. The Morgan fingerprint density at radius 3 is 2.40 bits per heavy atom. The normalized spacial score (nSPS) is 19.0. The molecule has 2 saturated heterocycles. The molecule has 4 rings (SSSR count). The first-order chi connectivity index (χ1) is 16.9. The van der Waals surface area contributed by atoms with Gasteiger partial charge in [0.25, 0.3) is 11.8 Å². The second-order valence-corrected chi connectivity index (χ2v) is 9.13. The Labute approximate surface area is 206 Å². The van der Waals surface area contributed by atoms with E-state index in [2.05, 4.69) is 5.32 Å². The summed E-state index contributed by atoms with van der Waals surface area (Å²) in [4.78, 5) is 43.2. The molecule has 0 aromatic heterocycles. The number of carbonyl (C=O) groups is 3. The number of hydrogen-bond donors (Lipinski definition) is 1. The third-order valence-corrected chi connectivity index (χ3v) is 6.77. The fourth-order valence-electron chi connectivity index (χ4n) is 4.83. The van der Waals surface area contributed by atoms with Crippen molar-refractivity contribution in [3.63, 3.8) is 0 Å². The first-order valence-corrected chi connectivity index (χ1v) is 12.1. The van der Waals surface area contributed by atoms with E-state index in [0.717, 1.165) is 12.0 Å². The third kappa shape index (κ3) is 5.03. The summed E-state index contributed by atoms with van der Waals surface area (Å²) < 4.78 is 11.4. The molecule has 1 atom stereocenters. The van der Waals surface area contributed by atoms with Crippen molar-refractivity contribution < 1.29 is 23.9 Å². The summed E-state index contributed by atoms with van der Waals surface area (Å²) in [7, 11) is 1.57. The van der Waals surface area contributed by atoms with Crippen LogP contribution in [0.3, 0.4) is 0 Å². The number of ether oxygens (including phenoxy) is 2. The van der Waals surface area contributed by atoms with Crippen LogP contribution in [0.15, 0.2) is 48.5 Å². The molecular weight excluding hydrogens is 446 g/mol. The highest BCUT2D eigenvalue weighted by Crippen LogP contribution is 2.39. The molecule has 35 heavy (non-hydrogen) atoms. The number of benzene rings is 2. The monoisotopic (exact) mass is 479 g/mol. The predicted molar refractivity (Wildman–Crippen MR) is 131 cm³/mol. The van der Waals surface area contributed by atoms with Crippen molar-refractivity contribution in [2.24, 2.45) is 0 Å². The van der Waals surface area contributed by atoms with E-state index in [0.29, 0.717) is 49.4 Å². The first-order valence-electron chi connectivity index (χ1n) is 12.1. The minimum absolute atomic E-state index is 0.0354. The summed E-state index contributed by atoms with van der Waals surface area (Å²) in [6, 6.07) is 13.7. The molecule has 0 radical (unpaired) electrons. The lowest BCUT2D eigenvalue weighted by Gasteiger charge is -2.44. The number of piperidine rings is 1. The van der Waals surface area contributed by atoms with E-state index in [-0.39, 0.29) is 24.3 Å². The molecule has 2 aromatic rings. The van der Waals surface area contributed by atoms with E-state index >= 15 is 0 Å². The zero-order valence-corrected chi connectivity index (χ0v) is 20.6. The van der Waals surface area contributed by atoms with Gasteiger partial charge in [0.05, 0.1) is 13.7 Å². The standard InChI is InChI=1S/C27H33N3O5/c1-4-14-28-24(31)23-18-35-27(30(23)26(33)20-8-10-22(34-3)11-9-20)12-15-29(16-13-27)25(32)21-7-5-6-19(2)17-21/h5-11,17,23H,4,12-16,18H2,1-3H3,(H,28,31)/t23-/m0/s1. The maximum Gasteiger partial charge on any atom is 0.256 e. The predicted octanol–water partition coefficient (Wildman–Crippen LogP) is 3.00. The third-order valence-electron chi connectivity index (χ3n) is 6.77. The van der Waals surface area contributed by atoms with Crippen LogP contribution in [0.5, 0.6) is 5.75 Å². The number of rotatable bonds is 6. The number of carbonyl (C=O) groups excluding carboxylic acids is 3. The lowest BCUT2D eigenvalue weighted by atomic mass is 9.96. The lowest BCUT2D eigenvalue weighted by Crippen LogP contribution is -2.59. The van der Waals surface area contributed by atoms with Crippen LogP contribution in [0.1, 0.15) is 52.5 Å². The Hall–Kier alpha value is -3.39. The van der Waals surface area contributed by atoms with Gasteiger partial charge in [-0.2, -0.15) is 0 Å². The van der Waals surface area contributed by atoms with E-state index in [1.807, 2.05) is 38.1 Å². The van der Waals surface area contributed by atoms with Gasteiger partial charge in [0.2, 0.25) is 5.91 Å². The highest BCUT2D eigenvalue weighted by Gasteiger charge is 2.54. The SMILES string of the molecule is CCCNC(=O)[C@@H]1COC2(CCN(C(=O)c3cccc(C)c3)CC2)N1C(=O)c1ccc(OC)cc1. The van der Waals surface area contributed by atoms with E-state index in [1.54, 1.807) is 41.2 Å². The van der Waals surface area contributed by atoms with Gasteiger partial charge in [-0.15, -0.1) is 0 Å². The number of methoxy groups -OCH3 is 1. The van der Waals surface area contributed by atoms with Gasteiger partial charge in [-0.3, -0.25) is 19.3 Å². The summed E-state index contributed by atoms with van der Waals surface area (Å²) in [6.45, 7) is 5.47. The number of nitrogens with zero attached hydrogens (tertiary/aromatic N) is 2. The second-order valence-electron chi connectivity index (χ2n) is 9.13. The van der Waals surface area contributed by atoms with Gasteiger partial charge in [-0.25, -0.2) is 0 Å². The van der Waals surface area contributed by atoms with Gasteiger partial charge >= 0.3 is 0 Å². The fourth-order valence-corrected chi connectivity index (χ4v) is 4.83. The molecule has 1 spiro atoms. The highest BCUT2D eigenvalue weighted by atomic mass is 16.5. The average Bonchev–Trinajstić information content (AvgIpc) is 3.25.